The highest BCUT2D eigenvalue weighted by molar-refractivity contribution is 5.96. The summed E-state index contributed by atoms with van der Waals surface area (Å²) < 4.78 is 22.3. The molecule has 182 valence electrons. The summed E-state index contributed by atoms with van der Waals surface area (Å²) in [6, 6.07) is 32.4. The molecule has 4 aromatic carbocycles. The van der Waals surface area contributed by atoms with Crippen LogP contribution in [-0.2, 0) is 11.2 Å². The van der Waals surface area contributed by atoms with Gasteiger partial charge in [0.25, 0.3) is 0 Å². The van der Waals surface area contributed by atoms with E-state index in [2.05, 4.69) is 0 Å². The zero-order valence-electron chi connectivity index (χ0n) is 19.7. The van der Waals surface area contributed by atoms with E-state index in [0.717, 1.165) is 11.3 Å². The van der Waals surface area contributed by atoms with Crippen LogP contribution in [0.3, 0.4) is 0 Å². The molecule has 0 saturated heterocycles. The van der Waals surface area contributed by atoms with Gasteiger partial charge in [-0.05, 0) is 48.0 Å². The maximum atomic E-state index is 12.8. The Morgan fingerprint density at radius 2 is 1.22 bits per heavy atom. The van der Waals surface area contributed by atoms with E-state index in [1.54, 1.807) is 48.5 Å². The topological polar surface area (TPSA) is 71.1 Å². The van der Waals surface area contributed by atoms with Gasteiger partial charge in [0.15, 0.2) is 0 Å². The smallest absolute Gasteiger partial charge is 0.343 e. The second-order valence-electron chi connectivity index (χ2n) is 7.80. The number of benzene rings is 4. The summed E-state index contributed by atoms with van der Waals surface area (Å²) in [4.78, 5) is 25.4. The third-order valence-electron chi connectivity index (χ3n) is 5.21. The molecule has 0 aromatic heterocycles. The van der Waals surface area contributed by atoms with Gasteiger partial charge in [0.1, 0.15) is 36.0 Å². The van der Waals surface area contributed by atoms with Crippen LogP contribution >= 0.6 is 0 Å². The monoisotopic (exact) mass is 482 g/mol. The average Bonchev–Trinajstić information content (AvgIpc) is 2.93. The maximum absolute atomic E-state index is 12.8. The van der Waals surface area contributed by atoms with Crippen molar-refractivity contribution in [3.8, 4) is 17.2 Å². The fourth-order valence-corrected chi connectivity index (χ4v) is 3.42. The lowest BCUT2D eigenvalue weighted by Gasteiger charge is -2.11. The van der Waals surface area contributed by atoms with Gasteiger partial charge in [-0.15, -0.1) is 0 Å². The van der Waals surface area contributed by atoms with Crippen molar-refractivity contribution in [2.24, 2.45) is 0 Å². The summed E-state index contributed by atoms with van der Waals surface area (Å²) in [6.45, 7) is 0.891. The molecule has 0 spiro atoms. The second-order valence-corrected chi connectivity index (χ2v) is 7.80. The molecule has 0 aliphatic heterocycles. The molecular formula is C30H26O6. The molecule has 0 bridgehead atoms. The van der Waals surface area contributed by atoms with E-state index >= 15 is 0 Å². The van der Waals surface area contributed by atoms with E-state index in [0.29, 0.717) is 30.9 Å². The van der Waals surface area contributed by atoms with E-state index in [-0.39, 0.29) is 17.9 Å². The second kappa shape index (κ2) is 12.8. The SMILES string of the molecule is O=C(Oc1ccccc1C(=O)OCCc1ccccc1)c1cccc(OCCOc2ccccc2)c1. The molecule has 4 rings (SSSR count). The highest BCUT2D eigenvalue weighted by Gasteiger charge is 2.17. The number of carbonyl (C=O) groups excluding carboxylic acids is 2. The third kappa shape index (κ3) is 7.21. The van der Waals surface area contributed by atoms with Crippen molar-refractivity contribution < 1.29 is 28.5 Å². The van der Waals surface area contributed by atoms with Crippen molar-refractivity contribution in [1.29, 1.82) is 0 Å². The standard InChI is InChI=1S/C30H26O6/c31-29(24-12-9-15-26(22-24)34-21-20-33-25-13-5-2-6-14-25)36-28-17-8-7-16-27(28)30(32)35-19-18-23-10-3-1-4-11-23/h1-17,22H,18-21H2. The van der Waals surface area contributed by atoms with Crippen LogP contribution in [0.4, 0.5) is 0 Å². The van der Waals surface area contributed by atoms with E-state index in [9.17, 15) is 9.59 Å². The molecule has 0 atom stereocenters. The van der Waals surface area contributed by atoms with Gasteiger partial charge in [-0.2, -0.15) is 0 Å². The Balaban J connectivity index is 1.31. The zero-order chi connectivity index (χ0) is 25.0. The summed E-state index contributed by atoms with van der Waals surface area (Å²) >= 11 is 0. The van der Waals surface area contributed by atoms with Crippen LogP contribution in [0.25, 0.3) is 0 Å². The van der Waals surface area contributed by atoms with Gasteiger partial charge in [0.2, 0.25) is 0 Å². The number of hydrogen-bond acceptors (Lipinski definition) is 6. The third-order valence-corrected chi connectivity index (χ3v) is 5.21. The highest BCUT2D eigenvalue weighted by Crippen LogP contribution is 2.22. The normalized spacial score (nSPS) is 10.3. The van der Waals surface area contributed by atoms with Crippen molar-refractivity contribution >= 4 is 11.9 Å². The van der Waals surface area contributed by atoms with Gasteiger partial charge >= 0.3 is 11.9 Å². The fraction of sp³-hybridized carbons (Fsp3) is 0.133. The number of carbonyl (C=O) groups is 2. The van der Waals surface area contributed by atoms with Crippen molar-refractivity contribution in [3.05, 3.63) is 126 Å². The first kappa shape index (κ1) is 24.5. The summed E-state index contributed by atoms with van der Waals surface area (Å²) in [5.74, 6) is 0.246. The van der Waals surface area contributed by atoms with Crippen LogP contribution in [0.15, 0.2) is 109 Å². The summed E-state index contributed by atoms with van der Waals surface area (Å²) in [5.41, 5.74) is 1.55. The Morgan fingerprint density at radius 3 is 2.00 bits per heavy atom. The minimum absolute atomic E-state index is 0.134. The minimum Gasteiger partial charge on any atom is -0.490 e. The van der Waals surface area contributed by atoms with Crippen LogP contribution < -0.4 is 14.2 Å². The Bertz CT molecular complexity index is 1270. The fourth-order valence-electron chi connectivity index (χ4n) is 3.42. The molecule has 4 aromatic rings. The molecule has 6 heteroatoms. The van der Waals surface area contributed by atoms with E-state index in [1.807, 2.05) is 60.7 Å². The molecule has 0 radical (unpaired) electrons. The van der Waals surface area contributed by atoms with Crippen LogP contribution in [0.5, 0.6) is 17.2 Å². The van der Waals surface area contributed by atoms with Gasteiger partial charge in [0.05, 0.1) is 12.2 Å². The number of ether oxygens (including phenoxy) is 4. The number of esters is 2. The van der Waals surface area contributed by atoms with Crippen molar-refractivity contribution in [2.75, 3.05) is 19.8 Å². The molecule has 0 aliphatic carbocycles. The van der Waals surface area contributed by atoms with Crippen molar-refractivity contribution in [1.82, 2.24) is 0 Å². The van der Waals surface area contributed by atoms with Crippen LogP contribution in [0, 0.1) is 0 Å². The Kier molecular flexibility index (Phi) is 8.70. The lowest BCUT2D eigenvalue weighted by Crippen LogP contribution is -2.14. The molecule has 36 heavy (non-hydrogen) atoms. The predicted octanol–water partition coefficient (Wildman–Crippen LogP) is 5.76. The molecule has 0 unspecified atom stereocenters. The number of para-hydroxylation sites is 2. The Hall–Kier alpha value is -4.58. The summed E-state index contributed by atoms with van der Waals surface area (Å²) in [7, 11) is 0. The number of rotatable bonds is 11. The average molecular weight is 483 g/mol. The first-order valence-corrected chi connectivity index (χ1v) is 11.6. The molecule has 0 heterocycles. The quantitative estimate of drug-likeness (QED) is 0.154. The first-order valence-electron chi connectivity index (χ1n) is 11.6. The molecular weight excluding hydrogens is 456 g/mol. The largest absolute Gasteiger partial charge is 0.490 e. The van der Waals surface area contributed by atoms with E-state index in [4.69, 9.17) is 18.9 Å². The van der Waals surface area contributed by atoms with Crippen LogP contribution in [-0.4, -0.2) is 31.8 Å². The molecule has 0 amide bonds. The molecule has 0 saturated carbocycles. The van der Waals surface area contributed by atoms with Crippen LogP contribution in [0.1, 0.15) is 26.3 Å². The zero-order valence-corrected chi connectivity index (χ0v) is 19.7. The molecule has 6 nitrogen and oxygen atoms in total. The first-order chi connectivity index (χ1) is 17.7. The van der Waals surface area contributed by atoms with Gasteiger partial charge < -0.3 is 18.9 Å². The summed E-state index contributed by atoms with van der Waals surface area (Å²) in [6.07, 6.45) is 0.595. The van der Waals surface area contributed by atoms with E-state index in [1.165, 1.54) is 0 Å². The van der Waals surface area contributed by atoms with Gasteiger partial charge in [-0.3, -0.25) is 0 Å². The van der Waals surface area contributed by atoms with Gasteiger partial charge in [0, 0.05) is 6.42 Å². The minimum atomic E-state index is -0.606. The Morgan fingerprint density at radius 1 is 0.583 bits per heavy atom. The highest BCUT2D eigenvalue weighted by atomic mass is 16.5. The Labute approximate surface area is 210 Å². The molecule has 0 fully saturated rings. The lowest BCUT2D eigenvalue weighted by atomic mass is 10.1. The predicted molar refractivity (Wildman–Crippen MR) is 136 cm³/mol. The van der Waals surface area contributed by atoms with Crippen LogP contribution in [0.2, 0.25) is 0 Å². The lowest BCUT2D eigenvalue weighted by molar-refractivity contribution is 0.0503. The molecule has 0 aliphatic rings. The summed E-state index contributed by atoms with van der Waals surface area (Å²) in [5, 5.41) is 0. The van der Waals surface area contributed by atoms with Gasteiger partial charge in [-0.1, -0.05) is 66.7 Å². The van der Waals surface area contributed by atoms with Crippen molar-refractivity contribution in [2.45, 2.75) is 6.42 Å². The number of hydrogen-bond donors (Lipinski definition) is 0. The molecule has 0 N–H and O–H groups in total. The van der Waals surface area contributed by atoms with Gasteiger partial charge in [-0.25, -0.2) is 9.59 Å². The van der Waals surface area contributed by atoms with E-state index < -0.39 is 11.9 Å². The van der Waals surface area contributed by atoms with Crippen molar-refractivity contribution in [3.63, 3.8) is 0 Å². The maximum Gasteiger partial charge on any atom is 0.343 e.